The monoisotopic (exact) mass is 410 g/mol. The predicted octanol–water partition coefficient (Wildman–Crippen LogP) is 2.04. The molecule has 0 spiro atoms. The van der Waals surface area contributed by atoms with Gasteiger partial charge in [-0.05, 0) is 12.3 Å². The molecule has 1 aromatic rings. The summed E-state index contributed by atoms with van der Waals surface area (Å²) in [5, 5.41) is 12.6. The number of hydroxylamine groups is 1. The van der Waals surface area contributed by atoms with Crippen molar-refractivity contribution in [2.24, 2.45) is 5.92 Å². The Hall–Kier alpha value is -2.49. The average Bonchev–Trinajstić information content (AvgIpc) is 3.23. The van der Waals surface area contributed by atoms with E-state index in [1.165, 1.54) is 46.3 Å². The van der Waals surface area contributed by atoms with Gasteiger partial charge in [0, 0.05) is 19.4 Å². The van der Waals surface area contributed by atoms with Crippen LogP contribution >= 0.6 is 0 Å². The highest BCUT2D eigenvalue weighted by atomic mass is 16.5. The van der Waals surface area contributed by atoms with Crippen molar-refractivity contribution >= 4 is 17.8 Å². The first-order valence-corrected chi connectivity index (χ1v) is 10.0. The van der Waals surface area contributed by atoms with Gasteiger partial charge in [-0.2, -0.15) is 4.98 Å². The van der Waals surface area contributed by atoms with E-state index < -0.39 is 23.7 Å². The van der Waals surface area contributed by atoms with E-state index in [9.17, 15) is 14.4 Å². The number of nitrogens with zero attached hydrogens (tertiary/aromatic N) is 3. The van der Waals surface area contributed by atoms with Crippen molar-refractivity contribution in [3.05, 3.63) is 11.7 Å². The van der Waals surface area contributed by atoms with E-state index in [0.29, 0.717) is 12.3 Å². The third-order valence-corrected chi connectivity index (χ3v) is 5.37. The lowest BCUT2D eigenvalue weighted by atomic mass is 9.84. The highest BCUT2D eigenvalue weighted by molar-refractivity contribution is 5.92. The highest BCUT2D eigenvalue weighted by Crippen LogP contribution is 2.31. The van der Waals surface area contributed by atoms with E-state index in [1.54, 1.807) is 5.48 Å². The summed E-state index contributed by atoms with van der Waals surface area (Å²) >= 11 is 0. The van der Waals surface area contributed by atoms with Gasteiger partial charge in [-0.25, -0.2) is 5.48 Å². The number of carbonyl (C=O) groups excluding carboxylic acids is 3. The maximum Gasteiger partial charge on any atom is 0.325 e. The molecule has 0 saturated heterocycles. The molecule has 2 amide bonds. The van der Waals surface area contributed by atoms with Gasteiger partial charge in [0.2, 0.25) is 11.8 Å². The molecule has 29 heavy (non-hydrogen) atoms. The average molecular weight is 410 g/mol. The second-order valence-electron chi connectivity index (χ2n) is 7.56. The van der Waals surface area contributed by atoms with Crippen LogP contribution in [0.4, 0.5) is 0 Å². The Kier molecular flexibility index (Phi) is 9.04. The van der Waals surface area contributed by atoms with Crippen LogP contribution in [0.2, 0.25) is 0 Å². The summed E-state index contributed by atoms with van der Waals surface area (Å²) in [7, 11) is 2.66. The van der Waals surface area contributed by atoms with Crippen LogP contribution in [0.3, 0.4) is 0 Å². The molecule has 162 valence electrons. The van der Waals surface area contributed by atoms with Gasteiger partial charge >= 0.3 is 5.97 Å². The summed E-state index contributed by atoms with van der Waals surface area (Å²) in [6.07, 6.45) is 8.91. The Morgan fingerprint density at radius 3 is 2.69 bits per heavy atom. The number of aromatic nitrogens is 2. The number of carbonyl (C=O) groups is 3. The van der Waals surface area contributed by atoms with Crippen molar-refractivity contribution in [1.29, 1.82) is 0 Å². The van der Waals surface area contributed by atoms with E-state index in [1.807, 2.05) is 0 Å². The van der Waals surface area contributed by atoms with E-state index >= 15 is 0 Å². The maximum atomic E-state index is 12.3. The van der Waals surface area contributed by atoms with Crippen LogP contribution < -0.4 is 5.48 Å². The standard InChI is InChI=1S/C19H30N4O6/c1-23(12-16(25)28-2)19(26)17-20-18(29-22-17)14(11-15(24)21-27)10-6-9-13-7-4-3-5-8-13/h13-14,27H,3-12H2,1-2H3,(H,21,24). The molecule has 10 heteroatoms. The molecule has 1 saturated carbocycles. The summed E-state index contributed by atoms with van der Waals surface area (Å²) in [6.45, 7) is -0.239. The van der Waals surface area contributed by atoms with Crippen LogP contribution in [0, 0.1) is 5.92 Å². The second-order valence-corrected chi connectivity index (χ2v) is 7.56. The molecule has 0 radical (unpaired) electrons. The Morgan fingerprint density at radius 2 is 2.03 bits per heavy atom. The van der Waals surface area contributed by atoms with E-state index in [4.69, 9.17) is 9.73 Å². The minimum Gasteiger partial charge on any atom is -0.468 e. The van der Waals surface area contributed by atoms with Crippen molar-refractivity contribution in [2.75, 3.05) is 20.7 Å². The minimum absolute atomic E-state index is 0.0189. The fourth-order valence-electron chi connectivity index (χ4n) is 3.70. The van der Waals surface area contributed by atoms with Crippen LogP contribution in [0.15, 0.2) is 4.52 Å². The third-order valence-electron chi connectivity index (χ3n) is 5.37. The van der Waals surface area contributed by atoms with E-state index in [0.717, 1.165) is 17.7 Å². The van der Waals surface area contributed by atoms with Crippen molar-refractivity contribution in [3.63, 3.8) is 0 Å². The number of hydrogen-bond donors (Lipinski definition) is 2. The molecule has 1 fully saturated rings. The lowest BCUT2D eigenvalue weighted by molar-refractivity contribution is -0.141. The summed E-state index contributed by atoms with van der Waals surface area (Å²) < 4.78 is 9.77. The fourth-order valence-corrected chi connectivity index (χ4v) is 3.70. The van der Waals surface area contributed by atoms with Gasteiger partial charge in [-0.3, -0.25) is 19.6 Å². The summed E-state index contributed by atoms with van der Waals surface area (Å²) in [5.41, 5.74) is 1.63. The number of rotatable bonds is 10. The molecule has 0 bridgehead atoms. The molecule has 1 atom stereocenters. The number of ether oxygens (including phenoxy) is 1. The number of hydrogen-bond acceptors (Lipinski definition) is 8. The summed E-state index contributed by atoms with van der Waals surface area (Å²) in [6, 6.07) is 0. The van der Waals surface area contributed by atoms with Crippen LogP contribution in [0.25, 0.3) is 0 Å². The molecule has 1 heterocycles. The van der Waals surface area contributed by atoms with Crippen LogP contribution in [-0.2, 0) is 14.3 Å². The molecule has 1 unspecified atom stereocenters. The van der Waals surface area contributed by atoms with Gasteiger partial charge < -0.3 is 14.2 Å². The summed E-state index contributed by atoms with van der Waals surface area (Å²) in [5.74, 6) is -1.40. The number of esters is 1. The van der Waals surface area contributed by atoms with Gasteiger partial charge in [-0.1, -0.05) is 50.1 Å². The topological polar surface area (TPSA) is 135 Å². The molecule has 1 aliphatic rings. The molecular formula is C19H30N4O6. The molecule has 1 aromatic heterocycles. The third kappa shape index (κ3) is 7.12. The molecule has 1 aliphatic carbocycles. The largest absolute Gasteiger partial charge is 0.468 e. The Morgan fingerprint density at radius 1 is 1.31 bits per heavy atom. The normalized spacial score (nSPS) is 15.6. The van der Waals surface area contributed by atoms with E-state index in [-0.39, 0.29) is 24.7 Å². The first kappa shape index (κ1) is 22.8. The van der Waals surface area contributed by atoms with Crippen molar-refractivity contribution in [1.82, 2.24) is 20.5 Å². The zero-order chi connectivity index (χ0) is 21.2. The van der Waals surface area contributed by atoms with Gasteiger partial charge in [0.25, 0.3) is 11.7 Å². The number of likely N-dealkylation sites (N-methyl/N-ethyl adjacent to an activating group) is 1. The van der Waals surface area contributed by atoms with Crippen molar-refractivity contribution < 1.29 is 28.9 Å². The van der Waals surface area contributed by atoms with Crippen molar-refractivity contribution in [2.45, 2.75) is 63.7 Å². The van der Waals surface area contributed by atoms with Gasteiger partial charge in [0.05, 0.1) is 7.11 Å². The lowest BCUT2D eigenvalue weighted by Gasteiger charge is -2.22. The quantitative estimate of drug-likeness (QED) is 0.340. The highest BCUT2D eigenvalue weighted by Gasteiger charge is 2.26. The van der Waals surface area contributed by atoms with Crippen molar-refractivity contribution in [3.8, 4) is 0 Å². The Bertz CT molecular complexity index is 686. The van der Waals surface area contributed by atoms with Crippen LogP contribution in [0.1, 0.15) is 80.2 Å². The van der Waals surface area contributed by atoms with E-state index in [2.05, 4.69) is 14.9 Å². The Labute approximate surface area is 169 Å². The molecule has 2 rings (SSSR count). The number of nitrogens with one attached hydrogen (secondary N) is 1. The van der Waals surface area contributed by atoms with Gasteiger partial charge in [0.15, 0.2) is 0 Å². The lowest BCUT2D eigenvalue weighted by Crippen LogP contribution is -2.33. The molecule has 0 aliphatic heterocycles. The molecule has 0 aromatic carbocycles. The van der Waals surface area contributed by atoms with Gasteiger partial charge in [-0.15, -0.1) is 0 Å². The van der Waals surface area contributed by atoms with Gasteiger partial charge in [0.1, 0.15) is 6.54 Å². The summed E-state index contributed by atoms with van der Waals surface area (Å²) in [4.78, 5) is 40.6. The minimum atomic E-state index is -0.585. The maximum absolute atomic E-state index is 12.3. The first-order chi connectivity index (χ1) is 13.9. The Balaban J connectivity index is 1.99. The first-order valence-electron chi connectivity index (χ1n) is 10.0. The molecule has 2 N–H and O–H groups in total. The predicted molar refractivity (Wildman–Crippen MR) is 101 cm³/mol. The molecule has 10 nitrogen and oxygen atoms in total. The SMILES string of the molecule is COC(=O)CN(C)C(=O)c1noc(C(CCCC2CCCCC2)CC(=O)NO)n1. The number of amides is 2. The second kappa shape index (κ2) is 11.5. The zero-order valence-electron chi connectivity index (χ0n) is 17.1. The number of methoxy groups -OCH3 is 1. The molecular weight excluding hydrogens is 380 g/mol. The van der Waals surface area contributed by atoms with Crippen LogP contribution in [-0.4, -0.2) is 58.7 Å². The fraction of sp³-hybridized carbons (Fsp3) is 0.737. The smallest absolute Gasteiger partial charge is 0.325 e. The van der Waals surface area contributed by atoms with Crippen LogP contribution in [0.5, 0.6) is 0 Å². The zero-order valence-corrected chi connectivity index (χ0v) is 17.1.